The highest BCUT2D eigenvalue weighted by Gasteiger charge is 2.19. The molecule has 0 radical (unpaired) electrons. The Bertz CT molecular complexity index is 1130. The lowest BCUT2D eigenvalue weighted by Gasteiger charge is -2.26. The van der Waals surface area contributed by atoms with Gasteiger partial charge in [-0.3, -0.25) is 14.2 Å². The molecule has 0 bridgehead atoms. The number of fused-ring (bicyclic) bond motifs is 1. The number of nitrogens with zero attached hydrogens (tertiary/aromatic N) is 3. The van der Waals surface area contributed by atoms with Crippen LogP contribution in [-0.2, 0) is 9.53 Å². The number of halogens is 2. The van der Waals surface area contributed by atoms with E-state index in [2.05, 4.69) is 9.72 Å². The van der Waals surface area contributed by atoms with Crippen molar-refractivity contribution in [3.8, 4) is 11.4 Å². The summed E-state index contributed by atoms with van der Waals surface area (Å²) < 4.78 is 35.9. The molecule has 0 spiro atoms. The van der Waals surface area contributed by atoms with Gasteiger partial charge in [0.1, 0.15) is 5.75 Å². The fourth-order valence-corrected chi connectivity index (χ4v) is 4.16. The first-order chi connectivity index (χ1) is 15.0. The third-order valence-electron chi connectivity index (χ3n) is 4.75. The minimum absolute atomic E-state index is 0.0164. The molecule has 1 aliphatic heterocycles. The van der Waals surface area contributed by atoms with Crippen LogP contribution >= 0.6 is 11.8 Å². The Morgan fingerprint density at radius 3 is 2.55 bits per heavy atom. The van der Waals surface area contributed by atoms with Crippen LogP contribution in [0.4, 0.5) is 8.78 Å². The van der Waals surface area contributed by atoms with E-state index in [-0.39, 0.29) is 23.0 Å². The maximum absolute atomic E-state index is 13.2. The van der Waals surface area contributed by atoms with Crippen LogP contribution in [0.2, 0.25) is 0 Å². The van der Waals surface area contributed by atoms with Gasteiger partial charge in [0.2, 0.25) is 5.91 Å². The lowest BCUT2D eigenvalue weighted by molar-refractivity contribution is -0.132. The maximum atomic E-state index is 13.2. The quantitative estimate of drug-likeness (QED) is 0.427. The van der Waals surface area contributed by atoms with Crippen molar-refractivity contribution < 1.29 is 23.0 Å². The number of carbonyl (C=O) groups is 1. The van der Waals surface area contributed by atoms with Crippen LogP contribution in [0.5, 0.6) is 5.75 Å². The number of morpholine rings is 1. The van der Waals surface area contributed by atoms with E-state index >= 15 is 0 Å². The molecule has 10 heteroatoms. The molecule has 0 aliphatic carbocycles. The topological polar surface area (TPSA) is 73.7 Å². The predicted molar refractivity (Wildman–Crippen MR) is 112 cm³/mol. The van der Waals surface area contributed by atoms with Crippen LogP contribution in [0.15, 0.2) is 58.5 Å². The molecule has 1 amide bonds. The Kier molecular flexibility index (Phi) is 6.47. The number of ether oxygens (including phenoxy) is 2. The number of hydrogen-bond acceptors (Lipinski definition) is 6. The zero-order chi connectivity index (χ0) is 21.8. The summed E-state index contributed by atoms with van der Waals surface area (Å²) in [6.07, 6.45) is 0. The largest absolute Gasteiger partial charge is 0.435 e. The molecule has 0 N–H and O–H groups in total. The van der Waals surface area contributed by atoms with E-state index in [1.807, 2.05) is 0 Å². The van der Waals surface area contributed by atoms with Gasteiger partial charge < -0.3 is 14.4 Å². The molecule has 2 heterocycles. The Hall–Kier alpha value is -2.98. The molecule has 1 saturated heterocycles. The minimum atomic E-state index is -2.94. The average molecular weight is 447 g/mol. The zero-order valence-corrected chi connectivity index (χ0v) is 17.2. The second kappa shape index (κ2) is 9.44. The van der Waals surface area contributed by atoms with Crippen molar-refractivity contribution in [1.82, 2.24) is 14.5 Å². The Balaban J connectivity index is 1.68. The molecule has 0 atom stereocenters. The highest BCUT2D eigenvalue weighted by Crippen LogP contribution is 2.24. The third kappa shape index (κ3) is 4.86. The van der Waals surface area contributed by atoms with E-state index < -0.39 is 6.61 Å². The fraction of sp³-hybridized carbons (Fsp3) is 0.286. The van der Waals surface area contributed by atoms with Crippen LogP contribution in [0, 0.1) is 0 Å². The van der Waals surface area contributed by atoms with E-state index in [1.54, 1.807) is 29.2 Å². The number of rotatable bonds is 6. The number of amides is 1. The van der Waals surface area contributed by atoms with E-state index in [1.165, 1.54) is 28.8 Å². The summed E-state index contributed by atoms with van der Waals surface area (Å²) in [4.78, 5) is 32.1. The van der Waals surface area contributed by atoms with Crippen molar-refractivity contribution >= 4 is 28.6 Å². The number of para-hydroxylation sites is 1. The van der Waals surface area contributed by atoms with Crippen molar-refractivity contribution in [1.29, 1.82) is 0 Å². The summed E-state index contributed by atoms with van der Waals surface area (Å²) in [5, 5.41) is 0.757. The van der Waals surface area contributed by atoms with Crippen LogP contribution in [0.25, 0.3) is 16.6 Å². The molecule has 162 valence electrons. The molecule has 4 rings (SSSR count). The second-order valence-corrected chi connectivity index (χ2v) is 7.65. The lowest BCUT2D eigenvalue weighted by Crippen LogP contribution is -2.41. The third-order valence-corrected chi connectivity index (χ3v) is 5.68. The van der Waals surface area contributed by atoms with Gasteiger partial charge in [-0.25, -0.2) is 4.98 Å². The van der Waals surface area contributed by atoms with Gasteiger partial charge in [-0.2, -0.15) is 8.78 Å². The fourth-order valence-electron chi connectivity index (χ4n) is 3.24. The number of thioether (sulfide) groups is 1. The number of carbonyl (C=O) groups excluding carboxylic acids is 1. The summed E-state index contributed by atoms with van der Waals surface area (Å²) >= 11 is 1.16. The standard InChI is InChI=1S/C21H19F2N3O4S/c22-20(23)30-15-7-5-14(6-8-15)26-19(28)16-3-1-2-4-17(16)24-21(26)31-13-18(27)25-9-11-29-12-10-25/h1-8,20H,9-13H2. The smallest absolute Gasteiger partial charge is 0.387 e. The summed E-state index contributed by atoms with van der Waals surface area (Å²) in [6, 6.07) is 12.6. The number of aromatic nitrogens is 2. The van der Waals surface area contributed by atoms with Crippen LogP contribution in [0.1, 0.15) is 0 Å². The molecular weight excluding hydrogens is 428 g/mol. The minimum Gasteiger partial charge on any atom is -0.435 e. The molecule has 1 aliphatic rings. The van der Waals surface area contributed by atoms with Crippen LogP contribution in [0.3, 0.4) is 0 Å². The lowest BCUT2D eigenvalue weighted by atomic mass is 10.2. The van der Waals surface area contributed by atoms with E-state index in [0.717, 1.165) is 11.8 Å². The van der Waals surface area contributed by atoms with Gasteiger partial charge in [0, 0.05) is 13.1 Å². The van der Waals surface area contributed by atoms with Crippen molar-refractivity contribution in [3.05, 3.63) is 58.9 Å². The summed E-state index contributed by atoms with van der Waals surface area (Å²) in [5.74, 6) is 0.0253. The number of benzene rings is 2. The van der Waals surface area contributed by atoms with Crippen LogP contribution in [-0.4, -0.2) is 59.0 Å². The highest BCUT2D eigenvalue weighted by molar-refractivity contribution is 7.99. The summed E-state index contributed by atoms with van der Waals surface area (Å²) in [5.41, 5.74) is 0.642. The van der Waals surface area contributed by atoms with Crippen molar-refractivity contribution in [2.24, 2.45) is 0 Å². The molecule has 2 aromatic carbocycles. The van der Waals surface area contributed by atoms with Gasteiger partial charge in [-0.1, -0.05) is 23.9 Å². The normalized spacial score (nSPS) is 14.2. The first-order valence-electron chi connectivity index (χ1n) is 9.58. The van der Waals surface area contributed by atoms with Gasteiger partial charge in [0.25, 0.3) is 5.56 Å². The Morgan fingerprint density at radius 1 is 1.13 bits per heavy atom. The van der Waals surface area contributed by atoms with Gasteiger partial charge in [0.15, 0.2) is 5.16 Å². The number of alkyl halides is 2. The molecule has 1 aromatic heterocycles. The first-order valence-corrected chi connectivity index (χ1v) is 10.6. The predicted octanol–water partition coefficient (Wildman–Crippen LogP) is 2.94. The molecule has 7 nitrogen and oxygen atoms in total. The van der Waals surface area contributed by atoms with E-state index in [0.29, 0.717) is 48.1 Å². The Morgan fingerprint density at radius 2 is 1.84 bits per heavy atom. The molecule has 3 aromatic rings. The zero-order valence-electron chi connectivity index (χ0n) is 16.4. The van der Waals surface area contributed by atoms with Crippen molar-refractivity contribution in [3.63, 3.8) is 0 Å². The molecule has 0 unspecified atom stereocenters. The van der Waals surface area contributed by atoms with Crippen molar-refractivity contribution in [2.45, 2.75) is 11.8 Å². The van der Waals surface area contributed by atoms with Gasteiger partial charge in [0.05, 0.1) is 35.6 Å². The van der Waals surface area contributed by atoms with E-state index in [4.69, 9.17) is 4.74 Å². The molecule has 31 heavy (non-hydrogen) atoms. The van der Waals surface area contributed by atoms with Crippen LogP contribution < -0.4 is 10.3 Å². The molecular formula is C21H19F2N3O4S. The second-order valence-electron chi connectivity index (χ2n) is 6.71. The van der Waals surface area contributed by atoms with Crippen molar-refractivity contribution in [2.75, 3.05) is 32.1 Å². The summed E-state index contributed by atoms with van der Waals surface area (Å²) in [6.45, 7) is -0.871. The van der Waals surface area contributed by atoms with E-state index in [9.17, 15) is 18.4 Å². The monoisotopic (exact) mass is 447 g/mol. The summed E-state index contributed by atoms with van der Waals surface area (Å²) in [7, 11) is 0. The SMILES string of the molecule is O=C(CSc1nc2ccccc2c(=O)n1-c1ccc(OC(F)F)cc1)N1CCOCC1. The first kappa shape index (κ1) is 21.3. The molecule has 0 saturated carbocycles. The molecule has 1 fully saturated rings. The highest BCUT2D eigenvalue weighted by atomic mass is 32.2. The van der Waals surface area contributed by atoms with Gasteiger partial charge in [-0.05, 0) is 36.4 Å². The average Bonchev–Trinajstić information content (AvgIpc) is 2.78. The van der Waals surface area contributed by atoms with Gasteiger partial charge >= 0.3 is 6.61 Å². The van der Waals surface area contributed by atoms with Gasteiger partial charge in [-0.15, -0.1) is 0 Å². The Labute approximate surface area is 180 Å². The maximum Gasteiger partial charge on any atom is 0.387 e. The number of hydrogen-bond donors (Lipinski definition) is 0.